The number of hydrogen-bond donors (Lipinski definition) is 1. The molecule has 0 aromatic carbocycles. The lowest BCUT2D eigenvalue weighted by atomic mass is 10.1. The van der Waals surface area contributed by atoms with Crippen molar-refractivity contribution in [2.75, 3.05) is 0 Å². The molecule has 0 aliphatic rings. The van der Waals surface area contributed by atoms with E-state index in [4.69, 9.17) is 0 Å². The van der Waals surface area contributed by atoms with E-state index < -0.39 is 0 Å². The maximum atomic E-state index is 9.68. The van der Waals surface area contributed by atoms with E-state index in [2.05, 4.69) is 9.67 Å². The van der Waals surface area contributed by atoms with Gasteiger partial charge < -0.3 is 9.67 Å². The molecule has 1 atom stereocenters. The van der Waals surface area contributed by atoms with Crippen LogP contribution in [0.3, 0.4) is 0 Å². The summed E-state index contributed by atoms with van der Waals surface area (Å²) in [7, 11) is 1.91. The second-order valence-corrected chi connectivity index (χ2v) is 4.06. The van der Waals surface area contributed by atoms with E-state index in [0.717, 1.165) is 24.1 Å². The molecular formula is C12H17N3O. The number of aliphatic hydroxyl groups excluding tert-OH is 1. The Kier molecular flexibility index (Phi) is 3.10. The van der Waals surface area contributed by atoms with Crippen LogP contribution in [0.1, 0.15) is 30.6 Å². The minimum absolute atomic E-state index is 0.352. The first-order valence-corrected chi connectivity index (χ1v) is 5.50. The minimum atomic E-state index is -0.352. The largest absolute Gasteiger partial charge is 0.388 e. The highest BCUT2D eigenvalue weighted by Crippen LogP contribution is 2.16. The van der Waals surface area contributed by atoms with E-state index in [0.29, 0.717) is 0 Å². The molecule has 0 spiro atoms. The Bertz CT molecular complexity index is 458. The van der Waals surface area contributed by atoms with Crippen LogP contribution in [0.25, 0.3) is 0 Å². The summed E-state index contributed by atoms with van der Waals surface area (Å²) < 4.78 is 3.85. The fourth-order valence-electron chi connectivity index (χ4n) is 1.75. The quantitative estimate of drug-likeness (QED) is 0.850. The molecule has 86 valence electrons. The summed E-state index contributed by atoms with van der Waals surface area (Å²) in [4.78, 5) is 0. The van der Waals surface area contributed by atoms with Gasteiger partial charge in [-0.15, -0.1) is 0 Å². The summed E-state index contributed by atoms with van der Waals surface area (Å²) in [6.07, 6.45) is 8.22. The van der Waals surface area contributed by atoms with Gasteiger partial charge in [0.2, 0.25) is 0 Å². The Morgan fingerprint density at radius 3 is 2.88 bits per heavy atom. The molecule has 16 heavy (non-hydrogen) atoms. The fourth-order valence-corrected chi connectivity index (χ4v) is 1.75. The molecule has 2 rings (SSSR count). The van der Waals surface area contributed by atoms with Gasteiger partial charge in [-0.3, -0.25) is 4.68 Å². The van der Waals surface area contributed by atoms with E-state index in [1.54, 1.807) is 4.68 Å². The van der Waals surface area contributed by atoms with Crippen LogP contribution < -0.4 is 0 Å². The van der Waals surface area contributed by atoms with Gasteiger partial charge in [0, 0.05) is 31.2 Å². The maximum absolute atomic E-state index is 9.68. The zero-order valence-corrected chi connectivity index (χ0v) is 9.67. The van der Waals surface area contributed by atoms with Crippen LogP contribution in [-0.2, 0) is 13.6 Å². The standard InChI is InChI=1S/C12H17N3O/c1-3-12(16)11-4-5-15(9-11)8-10-6-13-14(2)7-10/h4-7,9,12,16H,3,8H2,1-2H3. The van der Waals surface area contributed by atoms with Crippen LogP contribution in [0.2, 0.25) is 0 Å². The summed E-state index contributed by atoms with van der Waals surface area (Å²) in [5, 5.41) is 13.8. The second kappa shape index (κ2) is 4.53. The molecule has 0 fully saturated rings. The first-order chi connectivity index (χ1) is 7.69. The number of rotatable bonds is 4. The van der Waals surface area contributed by atoms with Crippen molar-refractivity contribution < 1.29 is 5.11 Å². The Balaban J connectivity index is 2.08. The van der Waals surface area contributed by atoms with Gasteiger partial charge in [0.25, 0.3) is 0 Å². The van der Waals surface area contributed by atoms with Crippen LogP contribution in [0.4, 0.5) is 0 Å². The normalized spacial score (nSPS) is 12.9. The predicted molar refractivity (Wildman–Crippen MR) is 62.0 cm³/mol. The topological polar surface area (TPSA) is 43.0 Å². The molecular weight excluding hydrogens is 202 g/mol. The van der Waals surface area contributed by atoms with Gasteiger partial charge in [0.05, 0.1) is 18.8 Å². The molecule has 0 saturated carbocycles. The summed E-state index contributed by atoms with van der Waals surface area (Å²) in [6.45, 7) is 2.77. The third-order valence-electron chi connectivity index (χ3n) is 2.67. The number of aliphatic hydroxyl groups is 1. The Morgan fingerprint density at radius 1 is 1.44 bits per heavy atom. The van der Waals surface area contributed by atoms with Crippen molar-refractivity contribution in [2.24, 2.45) is 7.05 Å². The van der Waals surface area contributed by atoms with Crippen LogP contribution in [0.5, 0.6) is 0 Å². The van der Waals surface area contributed by atoms with Gasteiger partial charge in [-0.2, -0.15) is 5.10 Å². The van der Waals surface area contributed by atoms with Crippen molar-refractivity contribution in [3.05, 3.63) is 42.0 Å². The van der Waals surface area contributed by atoms with E-state index in [-0.39, 0.29) is 6.10 Å². The third kappa shape index (κ3) is 2.33. The lowest BCUT2D eigenvalue weighted by molar-refractivity contribution is 0.173. The monoisotopic (exact) mass is 219 g/mol. The number of aryl methyl sites for hydroxylation is 1. The molecule has 0 bridgehead atoms. The van der Waals surface area contributed by atoms with Gasteiger partial charge in [-0.25, -0.2) is 0 Å². The Hall–Kier alpha value is -1.55. The van der Waals surface area contributed by atoms with Crippen molar-refractivity contribution in [2.45, 2.75) is 26.0 Å². The highest BCUT2D eigenvalue weighted by atomic mass is 16.3. The zero-order chi connectivity index (χ0) is 11.5. The highest BCUT2D eigenvalue weighted by molar-refractivity contribution is 5.15. The van der Waals surface area contributed by atoms with Gasteiger partial charge in [0.1, 0.15) is 0 Å². The molecule has 0 aliphatic carbocycles. The third-order valence-corrected chi connectivity index (χ3v) is 2.67. The fraction of sp³-hybridized carbons (Fsp3) is 0.417. The Labute approximate surface area is 95.1 Å². The molecule has 4 nitrogen and oxygen atoms in total. The van der Waals surface area contributed by atoms with E-state index in [1.165, 1.54) is 0 Å². The average Bonchev–Trinajstić information content (AvgIpc) is 2.87. The van der Waals surface area contributed by atoms with Gasteiger partial charge in [-0.1, -0.05) is 6.92 Å². The number of aromatic nitrogens is 3. The van der Waals surface area contributed by atoms with Crippen molar-refractivity contribution in [3.8, 4) is 0 Å². The van der Waals surface area contributed by atoms with E-state index in [9.17, 15) is 5.11 Å². The molecule has 0 aliphatic heterocycles. The van der Waals surface area contributed by atoms with E-state index >= 15 is 0 Å². The second-order valence-electron chi connectivity index (χ2n) is 4.06. The van der Waals surface area contributed by atoms with Crippen LogP contribution in [0, 0.1) is 0 Å². The first kappa shape index (κ1) is 11.0. The molecule has 0 saturated heterocycles. The zero-order valence-electron chi connectivity index (χ0n) is 9.67. The van der Waals surface area contributed by atoms with Crippen LogP contribution >= 0.6 is 0 Å². The Morgan fingerprint density at radius 2 is 2.25 bits per heavy atom. The van der Waals surface area contributed by atoms with Crippen molar-refractivity contribution in [1.29, 1.82) is 0 Å². The minimum Gasteiger partial charge on any atom is -0.388 e. The first-order valence-electron chi connectivity index (χ1n) is 5.50. The van der Waals surface area contributed by atoms with Crippen molar-refractivity contribution in [3.63, 3.8) is 0 Å². The molecule has 0 radical (unpaired) electrons. The average molecular weight is 219 g/mol. The lowest BCUT2D eigenvalue weighted by Crippen LogP contribution is -1.96. The van der Waals surface area contributed by atoms with Gasteiger partial charge in [-0.05, 0) is 18.1 Å². The molecule has 1 unspecified atom stereocenters. The SMILES string of the molecule is CCC(O)c1ccn(Cc2cnn(C)c2)c1. The summed E-state index contributed by atoms with van der Waals surface area (Å²) >= 11 is 0. The summed E-state index contributed by atoms with van der Waals surface area (Å²) in [5.74, 6) is 0. The highest BCUT2D eigenvalue weighted by Gasteiger charge is 2.06. The summed E-state index contributed by atoms with van der Waals surface area (Å²) in [6, 6.07) is 1.96. The molecule has 2 heterocycles. The number of nitrogens with zero attached hydrogens (tertiary/aromatic N) is 3. The van der Waals surface area contributed by atoms with Crippen molar-refractivity contribution >= 4 is 0 Å². The smallest absolute Gasteiger partial charge is 0.0802 e. The predicted octanol–water partition coefficient (Wildman–Crippen LogP) is 1.71. The van der Waals surface area contributed by atoms with E-state index in [1.807, 2.05) is 44.8 Å². The maximum Gasteiger partial charge on any atom is 0.0802 e. The lowest BCUT2D eigenvalue weighted by Gasteiger charge is -2.04. The van der Waals surface area contributed by atoms with Gasteiger partial charge in [0.15, 0.2) is 0 Å². The van der Waals surface area contributed by atoms with Crippen LogP contribution in [0.15, 0.2) is 30.9 Å². The molecule has 4 heteroatoms. The molecule has 1 N–H and O–H groups in total. The summed E-state index contributed by atoms with van der Waals surface area (Å²) in [5.41, 5.74) is 2.14. The van der Waals surface area contributed by atoms with Crippen LogP contribution in [-0.4, -0.2) is 19.5 Å². The van der Waals surface area contributed by atoms with Gasteiger partial charge >= 0.3 is 0 Å². The molecule has 2 aromatic rings. The molecule has 2 aromatic heterocycles. The van der Waals surface area contributed by atoms with Crippen molar-refractivity contribution in [1.82, 2.24) is 14.3 Å². The molecule has 0 amide bonds. The number of hydrogen-bond acceptors (Lipinski definition) is 2.